The molecule has 4 aromatic rings. The summed E-state index contributed by atoms with van der Waals surface area (Å²) in [5.74, 6) is 1.55. The molecule has 0 radical (unpaired) electrons. The van der Waals surface area contributed by atoms with Crippen molar-refractivity contribution in [2.45, 2.75) is 12.1 Å². The summed E-state index contributed by atoms with van der Waals surface area (Å²) in [7, 11) is 0. The van der Waals surface area contributed by atoms with Gasteiger partial charge in [-0.05, 0) is 42.8 Å². The molecule has 5 rings (SSSR count). The van der Waals surface area contributed by atoms with E-state index in [2.05, 4.69) is 23.2 Å². The molecular formula is C20H15N3O3S. The monoisotopic (exact) mass is 377 g/mol. The molecule has 2 aromatic heterocycles. The molecule has 0 saturated heterocycles. The molecule has 2 aromatic carbocycles. The molecular weight excluding hydrogens is 362 g/mol. The highest BCUT2D eigenvalue weighted by atomic mass is 32.2. The van der Waals surface area contributed by atoms with E-state index in [1.165, 1.54) is 11.8 Å². The Morgan fingerprint density at radius 2 is 1.96 bits per heavy atom. The Balaban J connectivity index is 1.45. The fraction of sp³-hybridized carbons (Fsp3) is 0.150. The Hall–Kier alpha value is -3.06. The maximum atomic E-state index is 12.6. The van der Waals surface area contributed by atoms with Gasteiger partial charge in [0.1, 0.15) is 0 Å². The topological polar surface area (TPSA) is 65.7 Å². The maximum absolute atomic E-state index is 12.6. The van der Waals surface area contributed by atoms with Crippen LogP contribution in [0.5, 0.6) is 11.5 Å². The summed E-state index contributed by atoms with van der Waals surface area (Å²) >= 11 is 1.38. The number of ether oxygens (including phenoxy) is 2. The highest BCUT2D eigenvalue weighted by molar-refractivity contribution is 7.99. The number of carbonyl (C=O) groups is 1. The smallest absolute Gasteiger partial charge is 0.231 e. The third kappa shape index (κ3) is 2.71. The minimum absolute atomic E-state index is 0.00599. The van der Waals surface area contributed by atoms with Crippen LogP contribution < -0.4 is 9.47 Å². The molecule has 6 nitrogen and oxygen atoms in total. The first-order chi connectivity index (χ1) is 13.2. The Bertz CT molecular complexity index is 1200. The normalized spacial score (nSPS) is 12.8. The van der Waals surface area contributed by atoms with Crippen molar-refractivity contribution in [1.82, 2.24) is 14.6 Å². The largest absolute Gasteiger partial charge is 0.454 e. The SMILES string of the molecule is Cc1cc2nnc(SCC(=O)c3ccc4c(c3)OCO4)n2c2ccccc12. The highest BCUT2D eigenvalue weighted by Gasteiger charge is 2.18. The Morgan fingerprint density at radius 1 is 1.11 bits per heavy atom. The molecule has 1 aliphatic rings. The number of pyridine rings is 1. The minimum atomic E-state index is 0.00599. The molecule has 134 valence electrons. The summed E-state index contributed by atoms with van der Waals surface area (Å²) in [6.45, 7) is 2.26. The Morgan fingerprint density at radius 3 is 2.89 bits per heavy atom. The van der Waals surface area contributed by atoms with Crippen LogP contribution in [0.25, 0.3) is 16.6 Å². The van der Waals surface area contributed by atoms with E-state index in [4.69, 9.17) is 9.47 Å². The van der Waals surface area contributed by atoms with Gasteiger partial charge in [0.15, 0.2) is 28.1 Å². The summed E-state index contributed by atoms with van der Waals surface area (Å²) < 4.78 is 12.6. The average Bonchev–Trinajstić information content (AvgIpc) is 3.32. The van der Waals surface area contributed by atoms with Gasteiger partial charge >= 0.3 is 0 Å². The number of hydrogen-bond donors (Lipinski definition) is 0. The van der Waals surface area contributed by atoms with E-state index in [0.717, 1.165) is 22.1 Å². The number of carbonyl (C=O) groups excluding carboxylic acids is 1. The van der Waals surface area contributed by atoms with Crippen LogP contribution in [-0.4, -0.2) is 32.9 Å². The molecule has 3 heterocycles. The third-order valence-electron chi connectivity index (χ3n) is 4.60. The standard InChI is InChI=1S/C20H15N3O3S/c1-12-8-19-21-22-20(23(19)15-5-3-2-4-14(12)15)27-10-16(24)13-6-7-17-18(9-13)26-11-25-17/h2-9H,10-11H2,1H3. The fourth-order valence-electron chi connectivity index (χ4n) is 3.25. The zero-order valence-electron chi connectivity index (χ0n) is 14.5. The highest BCUT2D eigenvalue weighted by Crippen LogP contribution is 2.33. The van der Waals surface area contributed by atoms with Crippen LogP contribution in [0.15, 0.2) is 53.7 Å². The average molecular weight is 377 g/mol. The lowest BCUT2D eigenvalue weighted by Crippen LogP contribution is -2.03. The summed E-state index contributed by atoms with van der Waals surface area (Å²) in [6.07, 6.45) is 0. The number of hydrogen-bond acceptors (Lipinski definition) is 6. The first-order valence-corrected chi connectivity index (χ1v) is 9.48. The van der Waals surface area contributed by atoms with E-state index < -0.39 is 0 Å². The summed E-state index contributed by atoms with van der Waals surface area (Å²) in [6, 6.07) is 15.4. The number of ketones is 1. The van der Waals surface area contributed by atoms with Gasteiger partial charge in [-0.25, -0.2) is 0 Å². The molecule has 1 aliphatic heterocycles. The number of thioether (sulfide) groups is 1. The zero-order valence-corrected chi connectivity index (χ0v) is 15.3. The van der Waals surface area contributed by atoms with Crippen molar-refractivity contribution in [3.05, 3.63) is 59.7 Å². The van der Waals surface area contributed by atoms with Gasteiger partial charge < -0.3 is 9.47 Å². The Labute approximate surface area is 159 Å². The van der Waals surface area contributed by atoms with Crippen molar-refractivity contribution < 1.29 is 14.3 Å². The van der Waals surface area contributed by atoms with Gasteiger partial charge in [-0.2, -0.15) is 0 Å². The molecule has 7 heteroatoms. The number of benzene rings is 2. The van der Waals surface area contributed by atoms with Crippen molar-refractivity contribution in [1.29, 1.82) is 0 Å². The lowest BCUT2D eigenvalue weighted by Gasteiger charge is -2.07. The van der Waals surface area contributed by atoms with Gasteiger partial charge in [-0.1, -0.05) is 30.0 Å². The molecule has 0 N–H and O–H groups in total. The quantitative estimate of drug-likeness (QED) is 0.397. The van der Waals surface area contributed by atoms with E-state index >= 15 is 0 Å². The molecule has 0 bridgehead atoms. The van der Waals surface area contributed by atoms with E-state index in [-0.39, 0.29) is 18.3 Å². The number of nitrogens with zero attached hydrogens (tertiary/aromatic N) is 3. The third-order valence-corrected chi connectivity index (χ3v) is 5.53. The van der Waals surface area contributed by atoms with Crippen LogP contribution in [0.2, 0.25) is 0 Å². The lowest BCUT2D eigenvalue weighted by atomic mass is 10.1. The fourth-order valence-corrected chi connectivity index (χ4v) is 4.10. The molecule has 0 aliphatic carbocycles. The molecule has 0 unspecified atom stereocenters. The predicted octanol–water partition coefficient (Wildman–Crippen LogP) is 3.89. The maximum Gasteiger partial charge on any atom is 0.231 e. The van der Waals surface area contributed by atoms with E-state index in [1.54, 1.807) is 18.2 Å². The second-order valence-corrected chi connectivity index (χ2v) is 7.24. The van der Waals surface area contributed by atoms with Gasteiger partial charge in [-0.15, -0.1) is 10.2 Å². The lowest BCUT2D eigenvalue weighted by molar-refractivity contribution is 0.102. The van der Waals surface area contributed by atoms with E-state index in [9.17, 15) is 4.79 Å². The summed E-state index contributed by atoms with van der Waals surface area (Å²) in [4.78, 5) is 12.6. The molecule has 0 saturated carbocycles. The van der Waals surface area contributed by atoms with E-state index in [0.29, 0.717) is 22.2 Å². The molecule has 0 fully saturated rings. The molecule has 0 spiro atoms. The summed E-state index contributed by atoms with van der Waals surface area (Å²) in [5, 5.41) is 10.4. The number of aryl methyl sites for hydroxylation is 1. The number of fused-ring (bicyclic) bond motifs is 4. The zero-order chi connectivity index (χ0) is 18.4. The van der Waals surface area contributed by atoms with Crippen LogP contribution in [0.3, 0.4) is 0 Å². The van der Waals surface area contributed by atoms with Gasteiger partial charge in [0.2, 0.25) is 6.79 Å². The van der Waals surface area contributed by atoms with Gasteiger partial charge in [0.25, 0.3) is 0 Å². The number of rotatable bonds is 4. The van der Waals surface area contributed by atoms with Crippen molar-refractivity contribution >= 4 is 34.1 Å². The first kappa shape index (κ1) is 16.1. The van der Waals surface area contributed by atoms with Crippen LogP contribution >= 0.6 is 11.8 Å². The van der Waals surface area contributed by atoms with E-state index in [1.807, 2.05) is 28.7 Å². The first-order valence-electron chi connectivity index (χ1n) is 8.50. The Kier molecular flexibility index (Phi) is 3.75. The van der Waals surface area contributed by atoms with Crippen LogP contribution in [-0.2, 0) is 0 Å². The van der Waals surface area contributed by atoms with Crippen LogP contribution in [0.1, 0.15) is 15.9 Å². The summed E-state index contributed by atoms with van der Waals surface area (Å²) in [5.41, 5.74) is 3.57. The second-order valence-electron chi connectivity index (χ2n) is 6.30. The number of Topliss-reactive ketones (excluding diaryl/α,β-unsaturated/α-hetero) is 1. The van der Waals surface area contributed by atoms with Gasteiger partial charge in [-0.3, -0.25) is 9.20 Å². The predicted molar refractivity (Wildman–Crippen MR) is 103 cm³/mol. The molecule has 0 atom stereocenters. The van der Waals surface area contributed by atoms with Crippen molar-refractivity contribution in [2.24, 2.45) is 0 Å². The van der Waals surface area contributed by atoms with Crippen molar-refractivity contribution in [3.8, 4) is 11.5 Å². The van der Waals surface area contributed by atoms with Crippen molar-refractivity contribution in [2.75, 3.05) is 12.5 Å². The molecule has 27 heavy (non-hydrogen) atoms. The van der Waals surface area contributed by atoms with Crippen molar-refractivity contribution in [3.63, 3.8) is 0 Å². The van der Waals surface area contributed by atoms with Gasteiger partial charge in [0.05, 0.1) is 11.3 Å². The second kappa shape index (κ2) is 6.28. The number of para-hydroxylation sites is 1. The molecule has 0 amide bonds. The number of aromatic nitrogens is 3. The van der Waals surface area contributed by atoms with Gasteiger partial charge in [0, 0.05) is 10.9 Å². The van der Waals surface area contributed by atoms with Crippen LogP contribution in [0, 0.1) is 6.92 Å². The minimum Gasteiger partial charge on any atom is -0.454 e. The van der Waals surface area contributed by atoms with Crippen LogP contribution in [0.4, 0.5) is 0 Å².